The third-order valence-corrected chi connectivity index (χ3v) is 4.92. The zero-order chi connectivity index (χ0) is 23.2. The van der Waals surface area contributed by atoms with E-state index in [4.69, 9.17) is 24.4 Å². The highest BCUT2D eigenvalue weighted by Gasteiger charge is 2.18. The fourth-order valence-electron chi connectivity index (χ4n) is 2.55. The van der Waals surface area contributed by atoms with Gasteiger partial charge in [-0.3, -0.25) is 30.5 Å². The van der Waals surface area contributed by atoms with Crippen molar-refractivity contribution in [1.29, 1.82) is 0 Å². The molecule has 2 amide bonds. The Balaban J connectivity index is 0.00000233. The van der Waals surface area contributed by atoms with E-state index >= 15 is 0 Å². The Labute approximate surface area is 195 Å². The first-order chi connectivity index (χ1) is 15.0. The summed E-state index contributed by atoms with van der Waals surface area (Å²) in [5.41, 5.74) is 7.02. The van der Waals surface area contributed by atoms with Crippen LogP contribution in [0.5, 0.6) is 0 Å². The average Bonchev–Trinajstić information content (AvgIpc) is 2.82. The molecule has 31 heavy (non-hydrogen) atoms. The summed E-state index contributed by atoms with van der Waals surface area (Å²) in [7, 11) is 0. The first kappa shape index (κ1) is 26.2. The highest BCUT2D eigenvalue weighted by Crippen LogP contribution is 2.06. The van der Waals surface area contributed by atoms with Gasteiger partial charge in [0.1, 0.15) is 16.4 Å². The summed E-state index contributed by atoms with van der Waals surface area (Å²) in [6, 6.07) is 18.8. The molecular weight excluding hydrogens is 428 g/mol. The number of carbonyl (C=O) groups is 2. The van der Waals surface area contributed by atoms with E-state index in [0.717, 1.165) is 11.1 Å². The molecule has 2 N–H and O–H groups in total. The predicted octanol–water partition coefficient (Wildman–Crippen LogP) is 3.86. The molecule has 0 aliphatic carbocycles. The van der Waals surface area contributed by atoms with E-state index in [1.165, 1.54) is 0 Å². The minimum atomic E-state index is -0.454. The van der Waals surface area contributed by atoms with Crippen molar-refractivity contribution in [2.24, 2.45) is 0 Å². The summed E-state index contributed by atoms with van der Waals surface area (Å²) in [6.07, 6.45) is -0.345. The van der Waals surface area contributed by atoms with Gasteiger partial charge in [-0.25, -0.2) is 0 Å². The molecule has 8 heteroatoms. The van der Waals surface area contributed by atoms with Crippen LogP contribution in [0.2, 0.25) is 0 Å². The lowest BCUT2D eigenvalue weighted by Gasteiger charge is -2.26. The molecule has 0 saturated heterocycles. The first-order valence-corrected chi connectivity index (χ1v) is 11.1. The zero-order valence-corrected chi connectivity index (χ0v) is 20.1. The number of rotatable bonds is 6. The van der Waals surface area contributed by atoms with Crippen molar-refractivity contribution in [3.8, 4) is 0 Å². The molecule has 0 atom stereocenters. The summed E-state index contributed by atoms with van der Waals surface area (Å²) < 4.78 is 0. The van der Waals surface area contributed by atoms with Gasteiger partial charge < -0.3 is 0 Å². The maximum Gasteiger partial charge on any atom is 0.248 e. The van der Waals surface area contributed by atoms with Gasteiger partial charge >= 0.3 is 0 Å². The lowest BCUT2D eigenvalue weighted by atomic mass is 10.2. The van der Waals surface area contributed by atoms with Gasteiger partial charge in [-0.1, -0.05) is 98.9 Å². The molecule has 0 aliphatic rings. The third-order valence-electron chi connectivity index (χ3n) is 4.00. The number of nitrogens with one attached hydrogen (secondary N) is 2. The van der Waals surface area contributed by atoms with Crippen LogP contribution < -0.4 is 10.9 Å². The minimum Gasteiger partial charge on any atom is -0.274 e. The molecule has 0 unspecified atom stereocenters. The SMILES string of the molecule is CC.CCN(NC(=O)CC(=O)NN(CC)C(=S)c1ccccc1)C(=S)c1ccccc1. The summed E-state index contributed by atoms with van der Waals surface area (Å²) in [4.78, 5) is 25.7. The van der Waals surface area contributed by atoms with E-state index in [1.54, 1.807) is 10.0 Å². The maximum atomic E-state index is 12.3. The molecule has 0 aliphatic heterocycles. The van der Waals surface area contributed by atoms with E-state index in [1.807, 2.05) is 88.4 Å². The van der Waals surface area contributed by atoms with Crippen molar-refractivity contribution in [3.05, 3.63) is 71.8 Å². The molecule has 166 valence electrons. The smallest absolute Gasteiger partial charge is 0.248 e. The van der Waals surface area contributed by atoms with Crippen LogP contribution >= 0.6 is 24.4 Å². The second-order valence-corrected chi connectivity index (χ2v) is 6.85. The fourth-order valence-corrected chi connectivity index (χ4v) is 3.17. The molecule has 0 radical (unpaired) electrons. The molecule has 0 bridgehead atoms. The third kappa shape index (κ3) is 8.43. The van der Waals surface area contributed by atoms with Crippen LogP contribution in [0.25, 0.3) is 0 Å². The Kier molecular flexibility index (Phi) is 12.0. The summed E-state index contributed by atoms with van der Waals surface area (Å²) in [5.74, 6) is -0.909. The van der Waals surface area contributed by atoms with Gasteiger partial charge in [0.15, 0.2) is 0 Å². The standard InChI is InChI=1S/C21H24N4O2S2.C2H6/c1-3-24(20(28)16-11-7-5-8-12-16)22-18(26)15-19(27)23-25(4-2)21(29)17-13-9-6-10-14-17;1-2/h5-14H,3-4,15H2,1-2H3,(H,22,26)(H,23,27);1-2H3. The monoisotopic (exact) mass is 458 g/mol. The Morgan fingerprint density at radius 2 is 1.03 bits per heavy atom. The number of nitrogens with zero attached hydrogens (tertiary/aromatic N) is 2. The van der Waals surface area contributed by atoms with E-state index in [-0.39, 0.29) is 6.42 Å². The number of benzene rings is 2. The number of amides is 2. The second-order valence-electron chi connectivity index (χ2n) is 6.08. The van der Waals surface area contributed by atoms with Gasteiger partial charge in [-0.15, -0.1) is 0 Å². The van der Waals surface area contributed by atoms with Gasteiger partial charge in [0.05, 0.1) is 0 Å². The number of hydrogen-bond donors (Lipinski definition) is 2. The normalized spacial score (nSPS) is 9.55. The van der Waals surface area contributed by atoms with Gasteiger partial charge in [-0.2, -0.15) is 0 Å². The van der Waals surface area contributed by atoms with Gasteiger partial charge in [0, 0.05) is 24.2 Å². The first-order valence-electron chi connectivity index (χ1n) is 10.3. The van der Waals surface area contributed by atoms with Crippen molar-refractivity contribution < 1.29 is 9.59 Å². The van der Waals surface area contributed by atoms with Crippen LogP contribution in [0, 0.1) is 0 Å². The van der Waals surface area contributed by atoms with Gasteiger partial charge in [-0.05, 0) is 13.8 Å². The van der Waals surface area contributed by atoms with E-state index < -0.39 is 11.8 Å². The molecule has 2 aromatic rings. The van der Waals surface area contributed by atoms with Gasteiger partial charge in [0.25, 0.3) is 0 Å². The van der Waals surface area contributed by atoms with Crippen LogP contribution in [0.1, 0.15) is 45.2 Å². The molecule has 0 heterocycles. The summed E-state index contributed by atoms with van der Waals surface area (Å²) in [6.45, 7) is 8.68. The molecule has 0 saturated carbocycles. The quantitative estimate of drug-likeness (QED) is 0.389. The molecule has 2 rings (SSSR count). The number of carbonyl (C=O) groups excluding carboxylic acids is 2. The van der Waals surface area contributed by atoms with Gasteiger partial charge in [0.2, 0.25) is 11.8 Å². The predicted molar refractivity (Wildman–Crippen MR) is 133 cm³/mol. The van der Waals surface area contributed by atoms with Crippen LogP contribution in [0.4, 0.5) is 0 Å². The van der Waals surface area contributed by atoms with Crippen molar-refractivity contribution in [3.63, 3.8) is 0 Å². The number of hydrazine groups is 2. The van der Waals surface area contributed by atoms with E-state index in [9.17, 15) is 9.59 Å². The van der Waals surface area contributed by atoms with Crippen molar-refractivity contribution in [2.75, 3.05) is 13.1 Å². The molecule has 2 aromatic carbocycles. The molecule has 6 nitrogen and oxygen atoms in total. The number of thiocarbonyl (C=S) groups is 2. The molecule has 0 fully saturated rings. The van der Waals surface area contributed by atoms with Crippen LogP contribution in [-0.2, 0) is 9.59 Å². The maximum absolute atomic E-state index is 12.3. The van der Waals surface area contributed by atoms with E-state index in [0.29, 0.717) is 23.1 Å². The lowest BCUT2D eigenvalue weighted by molar-refractivity contribution is -0.132. The molecule has 0 spiro atoms. The highest BCUT2D eigenvalue weighted by molar-refractivity contribution is 7.80. The second kappa shape index (κ2) is 14.2. The van der Waals surface area contributed by atoms with Crippen LogP contribution in [0.3, 0.4) is 0 Å². The fraction of sp³-hybridized carbons (Fsp3) is 0.304. The Hall–Kier alpha value is -2.84. The van der Waals surface area contributed by atoms with E-state index in [2.05, 4.69) is 10.9 Å². The highest BCUT2D eigenvalue weighted by atomic mass is 32.1. The molecular formula is C23H30N4O2S2. The van der Waals surface area contributed by atoms with Crippen molar-refractivity contribution in [1.82, 2.24) is 20.9 Å². The summed E-state index contributed by atoms with van der Waals surface area (Å²) >= 11 is 10.9. The Morgan fingerprint density at radius 3 is 1.32 bits per heavy atom. The molecule has 0 aromatic heterocycles. The topological polar surface area (TPSA) is 64.7 Å². The average molecular weight is 459 g/mol. The largest absolute Gasteiger partial charge is 0.274 e. The lowest BCUT2D eigenvalue weighted by Crippen LogP contribution is -2.49. The van der Waals surface area contributed by atoms with Crippen molar-refractivity contribution in [2.45, 2.75) is 34.1 Å². The minimum absolute atomic E-state index is 0.345. The summed E-state index contributed by atoms with van der Waals surface area (Å²) in [5, 5.41) is 3.10. The Morgan fingerprint density at radius 1 is 0.710 bits per heavy atom. The Bertz CT molecular complexity index is 789. The van der Waals surface area contributed by atoms with Crippen LogP contribution in [0.15, 0.2) is 60.7 Å². The van der Waals surface area contributed by atoms with Crippen molar-refractivity contribution >= 4 is 46.2 Å². The number of hydrogen-bond acceptors (Lipinski definition) is 4. The zero-order valence-electron chi connectivity index (χ0n) is 18.4. The van der Waals surface area contributed by atoms with Crippen LogP contribution in [-0.4, -0.2) is 44.9 Å².